The van der Waals surface area contributed by atoms with E-state index >= 15 is 0 Å². The standard InChI is InChI=1S/C23H24F3N3O3/c1-15-10-19(32-3)6-7-20(15)22(30)29-9-8-28(13-18(29)14-31-2)17-5-4-16(12-27)21(11-17)23(24,25)26/h4-7,10-11,18H,8-9,13-14H2,1-3H3. The summed E-state index contributed by atoms with van der Waals surface area (Å²) in [5.41, 5.74) is 0.282. The van der Waals surface area contributed by atoms with Crippen LogP contribution in [0, 0.1) is 18.3 Å². The molecule has 32 heavy (non-hydrogen) atoms. The number of anilines is 1. The van der Waals surface area contributed by atoms with Crippen molar-refractivity contribution in [3.8, 4) is 11.8 Å². The molecule has 0 spiro atoms. The Hall–Kier alpha value is -3.25. The summed E-state index contributed by atoms with van der Waals surface area (Å²) in [4.78, 5) is 16.7. The van der Waals surface area contributed by atoms with Crippen LogP contribution in [0.25, 0.3) is 0 Å². The van der Waals surface area contributed by atoms with Gasteiger partial charge in [0.05, 0.1) is 37.0 Å². The molecular weight excluding hydrogens is 423 g/mol. The number of benzene rings is 2. The first-order valence-electron chi connectivity index (χ1n) is 10.0. The van der Waals surface area contributed by atoms with Crippen molar-refractivity contribution in [3.63, 3.8) is 0 Å². The molecule has 1 heterocycles. The predicted octanol–water partition coefficient (Wildman–Crippen LogP) is 3.87. The fourth-order valence-electron chi connectivity index (χ4n) is 3.91. The van der Waals surface area contributed by atoms with Crippen LogP contribution in [0.4, 0.5) is 18.9 Å². The van der Waals surface area contributed by atoms with Crippen molar-refractivity contribution in [2.75, 3.05) is 45.4 Å². The highest BCUT2D eigenvalue weighted by atomic mass is 19.4. The molecule has 1 aliphatic rings. The number of nitrogens with zero attached hydrogens (tertiary/aromatic N) is 3. The Bertz CT molecular complexity index is 1030. The molecule has 1 atom stereocenters. The van der Waals surface area contributed by atoms with Gasteiger partial charge >= 0.3 is 6.18 Å². The first-order valence-corrected chi connectivity index (χ1v) is 10.0. The quantitative estimate of drug-likeness (QED) is 0.696. The highest BCUT2D eigenvalue weighted by Crippen LogP contribution is 2.35. The molecule has 2 aromatic carbocycles. The van der Waals surface area contributed by atoms with Crippen molar-refractivity contribution in [2.24, 2.45) is 0 Å². The summed E-state index contributed by atoms with van der Waals surface area (Å²) < 4.78 is 50.6. The van der Waals surface area contributed by atoms with Crippen molar-refractivity contribution < 1.29 is 27.4 Å². The van der Waals surface area contributed by atoms with E-state index in [0.717, 1.165) is 11.6 Å². The lowest BCUT2D eigenvalue weighted by Gasteiger charge is -2.42. The Balaban J connectivity index is 1.86. The molecule has 2 aromatic rings. The molecule has 0 saturated carbocycles. The zero-order valence-electron chi connectivity index (χ0n) is 18.1. The Kier molecular flexibility index (Phi) is 6.94. The van der Waals surface area contributed by atoms with Gasteiger partial charge in [-0.15, -0.1) is 0 Å². The Labute approximate surface area is 184 Å². The topological polar surface area (TPSA) is 65.8 Å². The van der Waals surface area contributed by atoms with Crippen LogP contribution in [-0.2, 0) is 10.9 Å². The summed E-state index contributed by atoms with van der Waals surface area (Å²) in [5, 5.41) is 9.02. The molecule has 0 radical (unpaired) electrons. The van der Waals surface area contributed by atoms with Crippen LogP contribution in [0.2, 0.25) is 0 Å². The van der Waals surface area contributed by atoms with E-state index in [1.807, 2.05) is 6.92 Å². The van der Waals surface area contributed by atoms with Crippen molar-refractivity contribution in [3.05, 3.63) is 58.7 Å². The highest BCUT2D eigenvalue weighted by Gasteiger charge is 2.36. The minimum absolute atomic E-state index is 0.164. The van der Waals surface area contributed by atoms with Gasteiger partial charge in [0.25, 0.3) is 5.91 Å². The number of halogens is 3. The van der Waals surface area contributed by atoms with Crippen molar-refractivity contribution in [1.29, 1.82) is 5.26 Å². The van der Waals surface area contributed by atoms with Crippen molar-refractivity contribution in [2.45, 2.75) is 19.1 Å². The van der Waals surface area contributed by atoms with E-state index in [1.165, 1.54) is 19.2 Å². The third-order valence-electron chi connectivity index (χ3n) is 5.56. The summed E-state index contributed by atoms with van der Waals surface area (Å²) >= 11 is 0. The van der Waals surface area contributed by atoms with E-state index in [9.17, 15) is 18.0 Å². The van der Waals surface area contributed by atoms with Crippen LogP contribution in [0.15, 0.2) is 36.4 Å². The van der Waals surface area contributed by atoms with Crippen LogP contribution in [-0.4, -0.2) is 57.3 Å². The van der Waals surface area contributed by atoms with E-state index in [2.05, 4.69) is 0 Å². The van der Waals surface area contributed by atoms with Crippen LogP contribution < -0.4 is 9.64 Å². The van der Waals surface area contributed by atoms with Gasteiger partial charge in [-0.1, -0.05) is 0 Å². The average Bonchev–Trinajstić information content (AvgIpc) is 2.77. The number of amides is 1. The number of carbonyl (C=O) groups is 1. The zero-order valence-corrected chi connectivity index (χ0v) is 18.1. The molecule has 1 saturated heterocycles. The zero-order chi connectivity index (χ0) is 23.5. The lowest BCUT2D eigenvalue weighted by Crippen LogP contribution is -2.57. The maximum Gasteiger partial charge on any atom is 0.417 e. The van der Waals surface area contributed by atoms with Gasteiger partial charge in [-0.05, 0) is 48.9 Å². The molecule has 3 rings (SSSR count). The summed E-state index contributed by atoms with van der Waals surface area (Å²) in [7, 11) is 3.07. The smallest absolute Gasteiger partial charge is 0.417 e. The molecule has 0 N–H and O–H groups in total. The first kappa shape index (κ1) is 23.4. The molecule has 1 fully saturated rings. The molecule has 170 valence electrons. The molecule has 1 amide bonds. The van der Waals surface area contributed by atoms with E-state index in [1.54, 1.807) is 41.2 Å². The number of rotatable bonds is 5. The molecule has 1 unspecified atom stereocenters. The van der Waals surface area contributed by atoms with Crippen LogP contribution in [0.1, 0.15) is 27.0 Å². The molecule has 0 aromatic heterocycles. The normalized spacial score (nSPS) is 16.6. The largest absolute Gasteiger partial charge is 0.497 e. The SMILES string of the molecule is COCC1CN(c2ccc(C#N)c(C(F)(F)F)c2)CCN1C(=O)c1ccc(OC)cc1C. The number of ether oxygens (including phenoxy) is 2. The van der Waals surface area contributed by atoms with Gasteiger partial charge in [0.1, 0.15) is 5.75 Å². The second-order valence-electron chi connectivity index (χ2n) is 7.57. The van der Waals surface area contributed by atoms with E-state index in [4.69, 9.17) is 14.7 Å². The lowest BCUT2D eigenvalue weighted by atomic mass is 10.0. The summed E-state index contributed by atoms with van der Waals surface area (Å²) in [5.74, 6) is 0.487. The van der Waals surface area contributed by atoms with Gasteiger partial charge < -0.3 is 19.3 Å². The number of piperazine rings is 1. The molecule has 0 bridgehead atoms. The van der Waals surface area contributed by atoms with Gasteiger partial charge in [-0.25, -0.2) is 0 Å². The van der Waals surface area contributed by atoms with Crippen LogP contribution >= 0.6 is 0 Å². The monoisotopic (exact) mass is 447 g/mol. The second kappa shape index (κ2) is 9.49. The number of aryl methyl sites for hydroxylation is 1. The fourth-order valence-corrected chi connectivity index (χ4v) is 3.91. The number of nitriles is 1. The van der Waals surface area contributed by atoms with Gasteiger partial charge in [0.15, 0.2) is 0 Å². The average molecular weight is 447 g/mol. The van der Waals surface area contributed by atoms with Crippen molar-refractivity contribution in [1.82, 2.24) is 4.90 Å². The summed E-state index contributed by atoms with van der Waals surface area (Å²) in [6.45, 7) is 3.04. The van der Waals surface area contributed by atoms with Gasteiger partial charge in [-0.3, -0.25) is 4.79 Å². The van der Waals surface area contributed by atoms with Crippen LogP contribution in [0.3, 0.4) is 0 Å². The predicted molar refractivity (Wildman–Crippen MR) is 113 cm³/mol. The Morgan fingerprint density at radius 1 is 1.19 bits per heavy atom. The Morgan fingerprint density at radius 3 is 2.53 bits per heavy atom. The number of carbonyl (C=O) groups excluding carboxylic acids is 1. The molecule has 0 aliphatic carbocycles. The number of alkyl halides is 3. The Morgan fingerprint density at radius 2 is 1.94 bits per heavy atom. The minimum atomic E-state index is -4.63. The summed E-state index contributed by atoms with van der Waals surface area (Å²) in [6, 6.07) is 10.1. The van der Waals surface area contributed by atoms with Gasteiger partial charge in [-0.2, -0.15) is 18.4 Å². The summed E-state index contributed by atoms with van der Waals surface area (Å²) in [6.07, 6.45) is -4.63. The number of hydrogen-bond acceptors (Lipinski definition) is 5. The highest BCUT2D eigenvalue weighted by molar-refractivity contribution is 5.96. The van der Waals surface area contributed by atoms with Crippen molar-refractivity contribution >= 4 is 11.6 Å². The molecule has 6 nitrogen and oxygen atoms in total. The van der Waals surface area contributed by atoms with Crippen LogP contribution in [0.5, 0.6) is 5.75 Å². The lowest BCUT2D eigenvalue weighted by molar-refractivity contribution is -0.137. The first-order chi connectivity index (χ1) is 15.2. The minimum Gasteiger partial charge on any atom is -0.497 e. The number of hydrogen-bond donors (Lipinski definition) is 0. The van der Waals surface area contributed by atoms with Gasteiger partial charge in [0.2, 0.25) is 0 Å². The third kappa shape index (κ3) is 4.81. The third-order valence-corrected chi connectivity index (χ3v) is 5.56. The molecule has 9 heteroatoms. The van der Waals surface area contributed by atoms with Gasteiger partial charge in [0, 0.05) is 38.0 Å². The maximum absolute atomic E-state index is 13.4. The van der Waals surface area contributed by atoms with E-state index in [0.29, 0.717) is 36.6 Å². The second-order valence-corrected chi connectivity index (χ2v) is 7.57. The number of methoxy groups -OCH3 is 2. The molecular formula is C23H24F3N3O3. The van der Waals surface area contributed by atoms with E-state index < -0.39 is 17.3 Å². The maximum atomic E-state index is 13.4. The fraction of sp³-hybridized carbons (Fsp3) is 0.391. The van der Waals surface area contributed by atoms with E-state index in [-0.39, 0.29) is 18.6 Å². The molecule has 1 aliphatic heterocycles.